The normalized spacial score (nSPS) is 10.7. The number of benzene rings is 1. The summed E-state index contributed by atoms with van der Waals surface area (Å²) in [7, 11) is 1.59. The van der Waals surface area contributed by atoms with Gasteiger partial charge in [0.2, 0.25) is 0 Å². The highest BCUT2D eigenvalue weighted by molar-refractivity contribution is 5.39. The Labute approximate surface area is 121 Å². The number of ether oxygens (including phenoxy) is 2. The summed E-state index contributed by atoms with van der Waals surface area (Å²) >= 11 is 0. The number of hydrogen-bond donors (Lipinski definition) is 0. The zero-order chi connectivity index (χ0) is 14.7. The van der Waals surface area contributed by atoms with Crippen molar-refractivity contribution in [1.82, 2.24) is 14.2 Å². The van der Waals surface area contributed by atoms with Crippen LogP contribution in [-0.2, 0) is 6.54 Å². The summed E-state index contributed by atoms with van der Waals surface area (Å²) in [5.74, 6) is 1.32. The minimum absolute atomic E-state index is 0.172. The summed E-state index contributed by atoms with van der Waals surface area (Å²) in [6.07, 6.45) is 1.70. The molecule has 3 rings (SSSR count). The summed E-state index contributed by atoms with van der Waals surface area (Å²) < 4.78 is 13.8. The second-order valence-corrected chi connectivity index (χ2v) is 4.43. The Bertz CT molecular complexity index is 807. The van der Waals surface area contributed by atoms with Gasteiger partial charge < -0.3 is 9.47 Å². The minimum atomic E-state index is -0.172. The van der Waals surface area contributed by atoms with Gasteiger partial charge in [-0.3, -0.25) is 4.40 Å². The van der Waals surface area contributed by atoms with Crippen molar-refractivity contribution in [3.8, 4) is 11.5 Å². The van der Waals surface area contributed by atoms with Crippen molar-refractivity contribution in [2.24, 2.45) is 0 Å². The van der Waals surface area contributed by atoms with E-state index in [9.17, 15) is 4.79 Å². The molecule has 2 aromatic heterocycles. The third-order valence-electron chi connectivity index (χ3n) is 3.12. The first-order valence-electron chi connectivity index (χ1n) is 6.59. The van der Waals surface area contributed by atoms with E-state index < -0.39 is 0 Å². The topological polar surface area (TPSA) is 57.8 Å². The van der Waals surface area contributed by atoms with Gasteiger partial charge in [0.05, 0.1) is 13.7 Å². The van der Waals surface area contributed by atoms with Gasteiger partial charge in [0, 0.05) is 6.20 Å². The number of fused-ring (bicyclic) bond motifs is 1. The molecule has 3 aromatic rings. The molecule has 108 valence electrons. The molecule has 0 radical (unpaired) electrons. The molecule has 0 fully saturated rings. The summed E-state index contributed by atoms with van der Waals surface area (Å²) in [5, 5.41) is 4.24. The Morgan fingerprint density at radius 1 is 1.10 bits per heavy atom. The molecular formula is C15H15N3O3. The molecule has 0 bridgehead atoms. The SMILES string of the molecule is COc1ccccc1OCCn1nc2ccccn2c1=O. The van der Waals surface area contributed by atoms with Gasteiger partial charge in [0.1, 0.15) is 6.61 Å². The van der Waals surface area contributed by atoms with Crippen LogP contribution in [0.15, 0.2) is 53.5 Å². The maximum absolute atomic E-state index is 12.1. The van der Waals surface area contributed by atoms with Gasteiger partial charge in [0.25, 0.3) is 0 Å². The molecule has 1 aromatic carbocycles. The van der Waals surface area contributed by atoms with Gasteiger partial charge in [-0.15, -0.1) is 5.10 Å². The van der Waals surface area contributed by atoms with Crippen molar-refractivity contribution < 1.29 is 9.47 Å². The molecule has 6 heteroatoms. The van der Waals surface area contributed by atoms with Gasteiger partial charge in [0.15, 0.2) is 17.1 Å². The molecule has 0 amide bonds. The lowest BCUT2D eigenvalue weighted by Crippen LogP contribution is -2.23. The molecule has 0 saturated heterocycles. The Morgan fingerprint density at radius 3 is 2.62 bits per heavy atom. The Hall–Kier alpha value is -2.76. The number of nitrogens with zero attached hydrogens (tertiary/aromatic N) is 3. The second-order valence-electron chi connectivity index (χ2n) is 4.43. The largest absolute Gasteiger partial charge is 0.493 e. The van der Waals surface area contributed by atoms with E-state index >= 15 is 0 Å². The Morgan fingerprint density at radius 2 is 1.86 bits per heavy atom. The lowest BCUT2D eigenvalue weighted by atomic mass is 10.3. The maximum Gasteiger partial charge on any atom is 0.350 e. The molecule has 0 unspecified atom stereocenters. The zero-order valence-electron chi connectivity index (χ0n) is 11.6. The van der Waals surface area contributed by atoms with Crippen LogP contribution < -0.4 is 15.2 Å². The lowest BCUT2D eigenvalue weighted by Gasteiger charge is -2.09. The molecule has 0 N–H and O–H groups in total. The van der Waals surface area contributed by atoms with Crippen molar-refractivity contribution in [3.63, 3.8) is 0 Å². The summed E-state index contributed by atoms with van der Waals surface area (Å²) in [4.78, 5) is 12.1. The molecule has 0 aliphatic rings. The number of aromatic nitrogens is 3. The van der Waals surface area contributed by atoms with Crippen LogP contribution in [0.3, 0.4) is 0 Å². The lowest BCUT2D eigenvalue weighted by molar-refractivity contribution is 0.272. The van der Waals surface area contributed by atoms with Crippen LogP contribution >= 0.6 is 0 Å². The average molecular weight is 285 g/mol. The Balaban J connectivity index is 1.72. The predicted molar refractivity (Wildman–Crippen MR) is 77.9 cm³/mol. The van der Waals surface area contributed by atoms with Gasteiger partial charge in [-0.05, 0) is 24.3 Å². The van der Waals surface area contributed by atoms with Crippen LogP contribution in [-0.4, -0.2) is 27.9 Å². The number of hydrogen-bond acceptors (Lipinski definition) is 4. The van der Waals surface area contributed by atoms with Crippen molar-refractivity contribution in [2.75, 3.05) is 13.7 Å². The Kier molecular flexibility index (Phi) is 3.59. The van der Waals surface area contributed by atoms with E-state index in [-0.39, 0.29) is 5.69 Å². The monoisotopic (exact) mass is 285 g/mol. The predicted octanol–water partition coefficient (Wildman–Crippen LogP) is 1.58. The van der Waals surface area contributed by atoms with E-state index in [2.05, 4.69) is 5.10 Å². The second kappa shape index (κ2) is 5.70. The molecule has 21 heavy (non-hydrogen) atoms. The van der Waals surface area contributed by atoms with E-state index in [0.717, 1.165) is 0 Å². The highest BCUT2D eigenvalue weighted by Crippen LogP contribution is 2.25. The third-order valence-corrected chi connectivity index (χ3v) is 3.12. The number of pyridine rings is 1. The molecule has 0 atom stereocenters. The highest BCUT2D eigenvalue weighted by atomic mass is 16.5. The molecule has 0 saturated carbocycles. The summed E-state index contributed by atoms with van der Waals surface area (Å²) in [6, 6.07) is 12.8. The maximum atomic E-state index is 12.1. The third kappa shape index (κ3) is 2.60. The van der Waals surface area contributed by atoms with Crippen LogP contribution in [0.2, 0.25) is 0 Å². The highest BCUT2D eigenvalue weighted by Gasteiger charge is 2.07. The molecule has 6 nitrogen and oxygen atoms in total. The molecular weight excluding hydrogens is 270 g/mol. The van der Waals surface area contributed by atoms with Crippen LogP contribution in [0.5, 0.6) is 11.5 Å². The number of rotatable bonds is 5. The molecule has 0 aliphatic heterocycles. The standard InChI is InChI=1S/C15H15N3O3/c1-20-12-6-2-3-7-13(12)21-11-10-18-15(19)17-9-5-4-8-14(17)16-18/h2-9H,10-11H2,1H3. The van der Waals surface area contributed by atoms with Crippen LogP contribution in [0.4, 0.5) is 0 Å². The first-order chi connectivity index (χ1) is 10.3. The van der Waals surface area contributed by atoms with E-state index in [1.165, 1.54) is 9.08 Å². The van der Waals surface area contributed by atoms with E-state index in [1.807, 2.05) is 30.3 Å². The molecule has 2 heterocycles. The molecule has 0 spiro atoms. The fourth-order valence-electron chi connectivity index (χ4n) is 2.09. The van der Waals surface area contributed by atoms with Gasteiger partial charge in [-0.1, -0.05) is 18.2 Å². The van der Waals surface area contributed by atoms with E-state index in [1.54, 1.807) is 25.4 Å². The number of methoxy groups -OCH3 is 1. The van der Waals surface area contributed by atoms with Crippen LogP contribution in [0.25, 0.3) is 5.65 Å². The first-order valence-corrected chi connectivity index (χ1v) is 6.59. The summed E-state index contributed by atoms with van der Waals surface area (Å²) in [5.41, 5.74) is 0.453. The van der Waals surface area contributed by atoms with Crippen LogP contribution in [0, 0.1) is 0 Å². The first kappa shape index (κ1) is 13.2. The van der Waals surface area contributed by atoms with E-state index in [4.69, 9.17) is 9.47 Å². The van der Waals surface area contributed by atoms with Crippen molar-refractivity contribution >= 4 is 5.65 Å². The summed E-state index contributed by atoms with van der Waals surface area (Å²) in [6.45, 7) is 0.711. The van der Waals surface area contributed by atoms with Crippen LogP contribution in [0.1, 0.15) is 0 Å². The van der Waals surface area contributed by atoms with Gasteiger partial charge in [-0.2, -0.15) is 0 Å². The fourth-order valence-corrected chi connectivity index (χ4v) is 2.09. The zero-order valence-corrected chi connectivity index (χ0v) is 11.6. The smallest absolute Gasteiger partial charge is 0.350 e. The van der Waals surface area contributed by atoms with E-state index in [0.29, 0.717) is 30.3 Å². The van der Waals surface area contributed by atoms with Crippen molar-refractivity contribution in [1.29, 1.82) is 0 Å². The fraction of sp³-hybridized carbons (Fsp3) is 0.200. The minimum Gasteiger partial charge on any atom is -0.493 e. The quantitative estimate of drug-likeness (QED) is 0.714. The van der Waals surface area contributed by atoms with Crippen molar-refractivity contribution in [3.05, 3.63) is 59.1 Å². The average Bonchev–Trinajstić information content (AvgIpc) is 2.85. The number of para-hydroxylation sites is 2. The van der Waals surface area contributed by atoms with Gasteiger partial charge >= 0.3 is 5.69 Å². The van der Waals surface area contributed by atoms with Crippen molar-refractivity contribution in [2.45, 2.75) is 6.54 Å². The molecule has 0 aliphatic carbocycles. The van der Waals surface area contributed by atoms with Gasteiger partial charge in [-0.25, -0.2) is 9.48 Å².